The Hall–Kier alpha value is -3.45. The molecule has 1 unspecified atom stereocenters. The lowest BCUT2D eigenvalue weighted by molar-refractivity contribution is 0.0733. The zero-order valence-corrected chi connectivity index (χ0v) is 18.8. The number of ether oxygens (including phenoxy) is 1. The molecule has 1 aliphatic rings. The van der Waals surface area contributed by atoms with Gasteiger partial charge in [-0.2, -0.15) is 5.10 Å². The highest BCUT2D eigenvalue weighted by Crippen LogP contribution is 2.31. The quantitative estimate of drug-likeness (QED) is 0.478. The molecule has 0 N–H and O–H groups in total. The molecule has 32 heavy (non-hydrogen) atoms. The van der Waals surface area contributed by atoms with E-state index in [1.54, 1.807) is 35.4 Å². The standard InChI is InChI=1S/C25H23N3O3S/c1-27-23-14-19(3-4-20(23)15-26-27)18-7-10-24-21(13-18)16-28(11-12-31-24)25(29)17-5-8-22(9-6-17)32(2)30/h3-10,13-15H,11-12,16H2,1-2H3. The molecule has 1 amide bonds. The molecule has 1 aromatic heterocycles. The highest BCUT2D eigenvalue weighted by molar-refractivity contribution is 7.84. The highest BCUT2D eigenvalue weighted by atomic mass is 32.2. The molecular formula is C25H23N3O3S. The van der Waals surface area contributed by atoms with Crippen molar-refractivity contribution >= 4 is 27.6 Å². The first kappa shape index (κ1) is 20.5. The Balaban J connectivity index is 1.44. The second-order valence-electron chi connectivity index (χ2n) is 7.92. The van der Waals surface area contributed by atoms with Crippen LogP contribution in [0, 0.1) is 0 Å². The molecule has 2 heterocycles. The molecule has 7 heteroatoms. The maximum atomic E-state index is 13.1. The van der Waals surface area contributed by atoms with E-state index in [0.717, 1.165) is 33.3 Å². The molecule has 0 bridgehead atoms. The van der Waals surface area contributed by atoms with Crippen LogP contribution in [0.2, 0.25) is 0 Å². The van der Waals surface area contributed by atoms with E-state index in [0.29, 0.717) is 30.2 Å². The fraction of sp³-hybridized carbons (Fsp3) is 0.200. The topological polar surface area (TPSA) is 64.4 Å². The number of carbonyl (C=O) groups is 1. The monoisotopic (exact) mass is 445 g/mol. The van der Waals surface area contributed by atoms with Gasteiger partial charge in [0, 0.05) is 52.1 Å². The molecule has 6 nitrogen and oxygen atoms in total. The van der Waals surface area contributed by atoms with Crippen LogP contribution in [0.5, 0.6) is 5.75 Å². The first-order valence-corrected chi connectivity index (χ1v) is 12.0. The Labute approximate surface area is 188 Å². The van der Waals surface area contributed by atoms with Crippen molar-refractivity contribution in [2.24, 2.45) is 7.05 Å². The largest absolute Gasteiger partial charge is 0.491 e. The molecule has 5 rings (SSSR count). The Morgan fingerprint density at radius 1 is 1.03 bits per heavy atom. The lowest BCUT2D eigenvalue weighted by Crippen LogP contribution is -2.32. The van der Waals surface area contributed by atoms with Crippen molar-refractivity contribution in [3.05, 3.63) is 78.0 Å². The Kier molecular flexibility index (Phi) is 5.27. The molecule has 1 aliphatic heterocycles. The minimum Gasteiger partial charge on any atom is -0.491 e. The second kappa shape index (κ2) is 8.24. The van der Waals surface area contributed by atoms with Crippen LogP contribution in [0.25, 0.3) is 22.0 Å². The zero-order valence-electron chi connectivity index (χ0n) is 17.9. The average molecular weight is 446 g/mol. The third-order valence-corrected chi connectivity index (χ3v) is 6.78. The molecule has 1 atom stereocenters. The number of benzene rings is 3. The van der Waals surface area contributed by atoms with E-state index in [1.807, 2.05) is 24.0 Å². The van der Waals surface area contributed by atoms with Crippen LogP contribution in [0.15, 0.2) is 71.8 Å². The van der Waals surface area contributed by atoms with E-state index in [4.69, 9.17) is 4.74 Å². The first-order chi connectivity index (χ1) is 15.5. The van der Waals surface area contributed by atoms with E-state index in [1.165, 1.54) is 0 Å². The molecule has 0 saturated carbocycles. The first-order valence-electron chi connectivity index (χ1n) is 10.4. The summed E-state index contributed by atoms with van der Waals surface area (Å²) in [6, 6.07) is 19.4. The summed E-state index contributed by atoms with van der Waals surface area (Å²) in [7, 11) is 0.869. The zero-order chi connectivity index (χ0) is 22.2. The van der Waals surface area contributed by atoms with Crippen molar-refractivity contribution in [2.45, 2.75) is 11.4 Å². The van der Waals surface area contributed by atoms with Gasteiger partial charge in [-0.05, 0) is 53.6 Å². The summed E-state index contributed by atoms with van der Waals surface area (Å²) >= 11 is 0. The van der Waals surface area contributed by atoms with Crippen LogP contribution in [-0.4, -0.2) is 44.2 Å². The van der Waals surface area contributed by atoms with Crippen LogP contribution in [-0.2, 0) is 24.4 Å². The molecule has 0 fully saturated rings. The fourth-order valence-corrected chi connectivity index (χ4v) is 4.56. The van der Waals surface area contributed by atoms with Gasteiger partial charge in [-0.25, -0.2) is 0 Å². The van der Waals surface area contributed by atoms with Gasteiger partial charge < -0.3 is 9.64 Å². The van der Waals surface area contributed by atoms with Crippen LogP contribution < -0.4 is 4.74 Å². The van der Waals surface area contributed by atoms with Gasteiger partial charge in [0.2, 0.25) is 0 Å². The molecule has 0 radical (unpaired) electrons. The number of fused-ring (bicyclic) bond motifs is 2. The minimum atomic E-state index is -1.07. The van der Waals surface area contributed by atoms with Crippen LogP contribution in [0.1, 0.15) is 15.9 Å². The number of carbonyl (C=O) groups excluding carboxylic acids is 1. The highest BCUT2D eigenvalue weighted by Gasteiger charge is 2.22. The summed E-state index contributed by atoms with van der Waals surface area (Å²) in [6.45, 7) is 1.42. The van der Waals surface area contributed by atoms with Crippen molar-refractivity contribution in [3.63, 3.8) is 0 Å². The maximum absolute atomic E-state index is 13.1. The lowest BCUT2D eigenvalue weighted by Gasteiger charge is -2.20. The van der Waals surface area contributed by atoms with Gasteiger partial charge >= 0.3 is 0 Å². The van der Waals surface area contributed by atoms with Crippen molar-refractivity contribution in [3.8, 4) is 16.9 Å². The van der Waals surface area contributed by atoms with E-state index < -0.39 is 10.8 Å². The summed E-state index contributed by atoms with van der Waals surface area (Å²) in [5, 5.41) is 5.42. The number of aromatic nitrogens is 2. The van der Waals surface area contributed by atoms with E-state index in [2.05, 4.69) is 35.4 Å². The van der Waals surface area contributed by atoms with E-state index in [-0.39, 0.29) is 5.91 Å². The van der Waals surface area contributed by atoms with E-state index >= 15 is 0 Å². The number of hydrogen-bond donors (Lipinski definition) is 0. The van der Waals surface area contributed by atoms with Gasteiger partial charge in [0.25, 0.3) is 5.91 Å². The molecule has 0 saturated heterocycles. The van der Waals surface area contributed by atoms with Crippen molar-refractivity contribution in [2.75, 3.05) is 19.4 Å². The van der Waals surface area contributed by atoms with Crippen molar-refractivity contribution < 1.29 is 13.7 Å². The number of amides is 1. The molecule has 162 valence electrons. The number of nitrogens with zero attached hydrogens (tertiary/aromatic N) is 3. The molecule has 4 aromatic rings. The second-order valence-corrected chi connectivity index (χ2v) is 9.30. The molecule has 0 spiro atoms. The summed E-state index contributed by atoms with van der Waals surface area (Å²) in [6.07, 6.45) is 3.49. The summed E-state index contributed by atoms with van der Waals surface area (Å²) in [5.41, 5.74) is 4.79. The number of aryl methyl sites for hydroxylation is 1. The van der Waals surface area contributed by atoms with Gasteiger partial charge in [-0.15, -0.1) is 0 Å². The third-order valence-electron chi connectivity index (χ3n) is 5.84. The Morgan fingerprint density at radius 3 is 2.56 bits per heavy atom. The van der Waals surface area contributed by atoms with Gasteiger partial charge in [0.1, 0.15) is 12.4 Å². The molecule has 3 aromatic carbocycles. The number of rotatable bonds is 3. The number of hydrogen-bond acceptors (Lipinski definition) is 4. The van der Waals surface area contributed by atoms with Crippen LogP contribution in [0.4, 0.5) is 0 Å². The minimum absolute atomic E-state index is 0.0587. The Morgan fingerprint density at radius 2 is 1.78 bits per heavy atom. The van der Waals surface area contributed by atoms with Crippen LogP contribution in [0.3, 0.4) is 0 Å². The summed E-state index contributed by atoms with van der Waals surface area (Å²) in [5.74, 6) is 0.749. The predicted molar refractivity (Wildman–Crippen MR) is 125 cm³/mol. The van der Waals surface area contributed by atoms with Gasteiger partial charge in [0.05, 0.1) is 18.3 Å². The smallest absolute Gasteiger partial charge is 0.254 e. The van der Waals surface area contributed by atoms with Gasteiger partial charge in [0.15, 0.2) is 0 Å². The SMILES string of the molecule is Cn1ncc2ccc(-c3ccc4c(c3)CN(C(=O)c3ccc(S(C)=O)cc3)CCO4)cc21. The predicted octanol–water partition coefficient (Wildman–Crippen LogP) is 4.01. The van der Waals surface area contributed by atoms with Crippen LogP contribution >= 0.6 is 0 Å². The lowest BCUT2D eigenvalue weighted by atomic mass is 10.0. The molecular weight excluding hydrogens is 422 g/mol. The maximum Gasteiger partial charge on any atom is 0.254 e. The summed E-state index contributed by atoms with van der Waals surface area (Å²) in [4.78, 5) is 15.7. The fourth-order valence-electron chi connectivity index (χ4n) is 4.04. The third kappa shape index (κ3) is 3.80. The van der Waals surface area contributed by atoms with Crippen molar-refractivity contribution in [1.29, 1.82) is 0 Å². The van der Waals surface area contributed by atoms with Gasteiger partial charge in [-0.1, -0.05) is 18.2 Å². The van der Waals surface area contributed by atoms with E-state index in [9.17, 15) is 9.00 Å². The normalized spacial score (nSPS) is 14.5. The van der Waals surface area contributed by atoms with Crippen molar-refractivity contribution in [1.82, 2.24) is 14.7 Å². The average Bonchev–Trinajstić information content (AvgIpc) is 3.05. The Bertz CT molecular complexity index is 1340. The van der Waals surface area contributed by atoms with Gasteiger partial charge in [-0.3, -0.25) is 13.7 Å². The summed E-state index contributed by atoms with van der Waals surface area (Å²) < 4.78 is 19.4. The molecule has 0 aliphatic carbocycles.